The Hall–Kier alpha value is -3.18. The molecule has 0 fully saturated rings. The number of hydrogen-bond donors (Lipinski definition) is 3. The van der Waals surface area contributed by atoms with E-state index in [0.29, 0.717) is 42.5 Å². The molecule has 0 saturated heterocycles. The Labute approximate surface area is 218 Å². The molecule has 4 aromatic rings. The number of thiophene rings is 2. The van der Waals surface area contributed by atoms with Crippen LogP contribution in [0.25, 0.3) is 10.4 Å². The molecular formula is C23H19Cl2N5O3S2. The zero-order chi connectivity index (χ0) is 25.1. The largest absolute Gasteiger partial charge is 0.506 e. The fraction of sp³-hybridized carbons (Fsp3) is 0.130. The number of imidazole rings is 1. The molecule has 3 heterocycles. The average Bonchev–Trinajstić information content (AvgIpc) is 3.58. The summed E-state index contributed by atoms with van der Waals surface area (Å²) in [6.45, 7) is 2.00. The molecular weight excluding hydrogens is 529 g/mol. The van der Waals surface area contributed by atoms with E-state index >= 15 is 0 Å². The number of aromatic hydroxyl groups is 1. The Bertz CT molecular complexity index is 1440. The molecule has 3 aromatic heterocycles. The molecule has 35 heavy (non-hydrogen) atoms. The van der Waals surface area contributed by atoms with Crippen LogP contribution >= 0.6 is 45.9 Å². The normalized spacial score (nSPS) is 11.5. The molecule has 0 bridgehead atoms. The van der Waals surface area contributed by atoms with Gasteiger partial charge in [-0.25, -0.2) is 10.4 Å². The van der Waals surface area contributed by atoms with Gasteiger partial charge in [0.25, 0.3) is 11.8 Å². The number of halogens is 2. The molecule has 0 aliphatic rings. The third-order valence-corrected chi connectivity index (χ3v) is 7.90. The van der Waals surface area contributed by atoms with Gasteiger partial charge in [0, 0.05) is 18.6 Å². The smallest absolute Gasteiger partial charge is 0.281 e. The maximum atomic E-state index is 12.5. The van der Waals surface area contributed by atoms with Gasteiger partial charge in [0.2, 0.25) is 0 Å². The molecule has 8 nitrogen and oxygen atoms in total. The van der Waals surface area contributed by atoms with Crippen molar-refractivity contribution >= 4 is 63.4 Å². The van der Waals surface area contributed by atoms with Crippen molar-refractivity contribution in [2.45, 2.75) is 13.5 Å². The number of rotatable bonds is 7. The van der Waals surface area contributed by atoms with Crippen LogP contribution in [0.1, 0.15) is 37.5 Å². The minimum atomic E-state index is -0.459. The van der Waals surface area contributed by atoms with Gasteiger partial charge in [-0.2, -0.15) is 5.10 Å². The van der Waals surface area contributed by atoms with Gasteiger partial charge in [-0.3, -0.25) is 9.59 Å². The summed E-state index contributed by atoms with van der Waals surface area (Å²) in [4.78, 5) is 30.3. The van der Waals surface area contributed by atoms with E-state index in [-0.39, 0.29) is 11.7 Å². The molecule has 0 aliphatic carbocycles. The van der Waals surface area contributed by atoms with Gasteiger partial charge >= 0.3 is 0 Å². The van der Waals surface area contributed by atoms with E-state index in [0.717, 1.165) is 22.6 Å². The minimum Gasteiger partial charge on any atom is -0.506 e. The number of aromatic nitrogens is 2. The van der Waals surface area contributed by atoms with E-state index < -0.39 is 5.91 Å². The number of hydrazone groups is 1. The van der Waals surface area contributed by atoms with E-state index in [9.17, 15) is 14.7 Å². The van der Waals surface area contributed by atoms with Crippen molar-refractivity contribution in [2.75, 3.05) is 0 Å². The Morgan fingerprint density at radius 1 is 1.14 bits per heavy atom. The summed E-state index contributed by atoms with van der Waals surface area (Å²) in [7, 11) is 1.84. The number of nitrogens with zero attached hydrogens (tertiary/aromatic N) is 3. The number of carbonyl (C=O) groups excluding carboxylic acids is 2. The lowest BCUT2D eigenvalue weighted by molar-refractivity contribution is 0.0949. The van der Waals surface area contributed by atoms with Gasteiger partial charge in [0.1, 0.15) is 5.75 Å². The Morgan fingerprint density at radius 3 is 2.57 bits per heavy atom. The second-order valence-electron chi connectivity index (χ2n) is 7.44. The molecule has 12 heteroatoms. The third kappa shape index (κ3) is 5.57. The summed E-state index contributed by atoms with van der Waals surface area (Å²) in [5.74, 6) is -0.709. The first-order valence-electron chi connectivity index (χ1n) is 10.2. The molecule has 2 amide bonds. The summed E-state index contributed by atoms with van der Waals surface area (Å²) in [5, 5.41) is 20.2. The standard InChI is InChI=1S/C23H19Cl2N5O3S2/c1-12(15-10-34-21(20(15)31)13-3-4-16(24)17(25)7-13)28-29-23(33)19-6-5-18(35-19)22(32)27-9-14-8-26-11-30(14)2/h3-8,10-11,31H,9H2,1-2H3,(H,27,32)(H,29,33). The lowest BCUT2D eigenvalue weighted by atomic mass is 10.1. The van der Waals surface area contributed by atoms with E-state index in [2.05, 4.69) is 20.8 Å². The van der Waals surface area contributed by atoms with Crippen molar-refractivity contribution in [3.63, 3.8) is 0 Å². The van der Waals surface area contributed by atoms with Crippen molar-refractivity contribution in [1.82, 2.24) is 20.3 Å². The van der Waals surface area contributed by atoms with Crippen LogP contribution < -0.4 is 10.7 Å². The number of hydrogen-bond acceptors (Lipinski definition) is 7. The highest BCUT2D eigenvalue weighted by Crippen LogP contribution is 2.40. The lowest BCUT2D eigenvalue weighted by Crippen LogP contribution is -2.23. The van der Waals surface area contributed by atoms with E-state index in [1.54, 1.807) is 55.2 Å². The van der Waals surface area contributed by atoms with Gasteiger partial charge in [-0.1, -0.05) is 29.3 Å². The van der Waals surface area contributed by atoms with E-state index in [1.165, 1.54) is 11.3 Å². The maximum absolute atomic E-state index is 12.5. The number of nitrogens with one attached hydrogen (secondary N) is 2. The average molecular weight is 548 g/mol. The first-order valence-corrected chi connectivity index (χ1v) is 12.6. The fourth-order valence-electron chi connectivity index (χ4n) is 3.10. The monoisotopic (exact) mass is 547 g/mol. The molecule has 3 N–H and O–H groups in total. The zero-order valence-corrected chi connectivity index (χ0v) is 21.6. The van der Waals surface area contributed by atoms with E-state index in [1.807, 2.05) is 11.6 Å². The van der Waals surface area contributed by atoms with Crippen molar-refractivity contribution in [3.05, 3.63) is 79.3 Å². The third-order valence-electron chi connectivity index (χ3n) is 5.06. The summed E-state index contributed by atoms with van der Waals surface area (Å²) in [5.41, 5.74) is 4.96. The number of amides is 2. The van der Waals surface area contributed by atoms with Gasteiger partial charge in [0.15, 0.2) is 0 Å². The SMILES string of the molecule is CC(=NNC(=O)c1ccc(C(=O)NCc2cncn2C)s1)c1csc(-c2ccc(Cl)c(Cl)c2)c1O. The molecule has 0 saturated carbocycles. The second kappa shape index (κ2) is 10.6. The van der Waals surface area contributed by atoms with Crippen molar-refractivity contribution in [1.29, 1.82) is 0 Å². The summed E-state index contributed by atoms with van der Waals surface area (Å²) >= 11 is 14.4. The topological polar surface area (TPSA) is 109 Å². The van der Waals surface area contributed by atoms with Gasteiger partial charge in [-0.15, -0.1) is 22.7 Å². The molecule has 0 spiro atoms. The molecule has 180 valence electrons. The number of benzene rings is 1. The van der Waals surface area contributed by atoms with Crippen LogP contribution in [0.15, 0.2) is 53.3 Å². The van der Waals surface area contributed by atoms with Crippen LogP contribution in [0, 0.1) is 0 Å². The van der Waals surface area contributed by atoms with Crippen LogP contribution in [-0.2, 0) is 13.6 Å². The van der Waals surface area contributed by atoms with Gasteiger partial charge in [-0.05, 0) is 36.8 Å². The summed E-state index contributed by atoms with van der Waals surface area (Å²) in [6.07, 6.45) is 3.33. The minimum absolute atomic E-state index is 0.0346. The van der Waals surface area contributed by atoms with Gasteiger partial charge in [0.05, 0.1) is 54.5 Å². The van der Waals surface area contributed by atoms with Crippen LogP contribution in [0.3, 0.4) is 0 Å². The highest BCUT2D eigenvalue weighted by Gasteiger charge is 2.17. The second-order valence-corrected chi connectivity index (χ2v) is 10.2. The molecule has 1 aromatic carbocycles. The number of carbonyl (C=O) groups is 2. The summed E-state index contributed by atoms with van der Waals surface area (Å²) < 4.78 is 1.81. The Morgan fingerprint density at radius 2 is 1.89 bits per heavy atom. The number of aryl methyl sites for hydroxylation is 1. The highest BCUT2D eigenvalue weighted by atomic mass is 35.5. The maximum Gasteiger partial charge on any atom is 0.281 e. The van der Waals surface area contributed by atoms with Crippen molar-refractivity contribution in [2.24, 2.45) is 12.1 Å². The van der Waals surface area contributed by atoms with Crippen LogP contribution in [0.2, 0.25) is 10.0 Å². The lowest BCUT2D eigenvalue weighted by Gasteiger charge is -2.04. The first kappa shape index (κ1) is 24.9. The quantitative estimate of drug-likeness (QED) is 0.215. The predicted octanol–water partition coefficient (Wildman–Crippen LogP) is 5.31. The Kier molecular flexibility index (Phi) is 7.56. The van der Waals surface area contributed by atoms with Gasteiger partial charge < -0.3 is 15.0 Å². The van der Waals surface area contributed by atoms with Crippen molar-refractivity contribution in [3.8, 4) is 16.2 Å². The summed E-state index contributed by atoms with van der Waals surface area (Å²) in [6, 6.07) is 8.25. The molecule has 4 rings (SSSR count). The predicted molar refractivity (Wildman–Crippen MR) is 140 cm³/mol. The molecule has 0 unspecified atom stereocenters. The highest BCUT2D eigenvalue weighted by molar-refractivity contribution is 7.16. The first-order chi connectivity index (χ1) is 16.7. The van der Waals surface area contributed by atoms with E-state index in [4.69, 9.17) is 23.2 Å². The zero-order valence-electron chi connectivity index (χ0n) is 18.5. The van der Waals surface area contributed by atoms with Crippen LogP contribution in [0.5, 0.6) is 5.75 Å². The molecule has 0 aliphatic heterocycles. The molecule has 0 atom stereocenters. The van der Waals surface area contributed by atoms with Crippen LogP contribution in [-0.4, -0.2) is 32.2 Å². The fourth-order valence-corrected chi connectivity index (χ4v) is 5.21. The Balaban J connectivity index is 1.40. The van der Waals surface area contributed by atoms with Crippen LogP contribution in [0.4, 0.5) is 0 Å². The van der Waals surface area contributed by atoms with Crippen molar-refractivity contribution < 1.29 is 14.7 Å². The molecule has 0 radical (unpaired) electrons.